The van der Waals surface area contributed by atoms with Gasteiger partial charge in [0.15, 0.2) is 0 Å². The molecule has 0 saturated heterocycles. The van der Waals surface area contributed by atoms with Crippen LogP contribution in [0.3, 0.4) is 0 Å². The van der Waals surface area contributed by atoms with Gasteiger partial charge in [-0.05, 0) is 55.2 Å². The van der Waals surface area contributed by atoms with Crippen molar-refractivity contribution in [3.63, 3.8) is 0 Å². The van der Waals surface area contributed by atoms with Crippen LogP contribution in [0.1, 0.15) is 33.1 Å². The summed E-state index contributed by atoms with van der Waals surface area (Å²) in [5, 5.41) is 2.99. The lowest BCUT2D eigenvalue weighted by molar-refractivity contribution is -0.118. The van der Waals surface area contributed by atoms with Crippen LogP contribution in [-0.4, -0.2) is 41.5 Å². The van der Waals surface area contributed by atoms with E-state index in [1.807, 2.05) is 0 Å². The fourth-order valence-corrected chi connectivity index (χ4v) is 5.88. The van der Waals surface area contributed by atoms with Crippen LogP contribution in [0.2, 0.25) is 0 Å². The molecular weight excluding hydrogens is 416 g/mol. The second kappa shape index (κ2) is 12.4. The van der Waals surface area contributed by atoms with Gasteiger partial charge in [0.2, 0.25) is 5.12 Å². The highest BCUT2D eigenvalue weighted by molar-refractivity contribution is 8.18. The molecule has 1 aliphatic carbocycles. The molecule has 0 aromatic carbocycles. The van der Waals surface area contributed by atoms with Crippen molar-refractivity contribution >= 4 is 59.9 Å². The molecule has 0 bridgehead atoms. The van der Waals surface area contributed by atoms with E-state index in [0.717, 1.165) is 40.2 Å². The lowest BCUT2D eigenvalue weighted by atomic mass is 9.93. The minimum atomic E-state index is -0.356. The number of thiol groups is 2. The molecule has 4 nitrogen and oxygen atoms in total. The zero-order chi connectivity index (χ0) is 20.6. The van der Waals surface area contributed by atoms with Gasteiger partial charge in [0.05, 0.1) is 12.1 Å². The molecule has 2 N–H and O–H groups in total. The van der Waals surface area contributed by atoms with E-state index >= 15 is 0 Å². The van der Waals surface area contributed by atoms with Gasteiger partial charge in [-0.3, -0.25) is 9.59 Å². The Morgan fingerprint density at radius 2 is 1.74 bits per heavy atom. The monoisotopic (exact) mass is 446 g/mol. The number of carbonyl (C=O) groups is 2. The lowest BCUT2D eigenvalue weighted by Gasteiger charge is -2.16. The molecule has 0 saturated carbocycles. The number of hydrogen-bond donors (Lipinski definition) is 4. The van der Waals surface area contributed by atoms with E-state index < -0.39 is 0 Å². The summed E-state index contributed by atoms with van der Waals surface area (Å²) in [6, 6.07) is -0.686. The van der Waals surface area contributed by atoms with Crippen LogP contribution in [0.5, 0.6) is 0 Å². The molecule has 27 heavy (non-hydrogen) atoms. The van der Waals surface area contributed by atoms with E-state index in [1.165, 1.54) is 23.7 Å². The third-order valence-corrected chi connectivity index (χ3v) is 7.56. The maximum atomic E-state index is 12.6. The predicted molar refractivity (Wildman–Crippen MR) is 127 cm³/mol. The molecule has 152 valence electrons. The van der Waals surface area contributed by atoms with Crippen molar-refractivity contribution < 1.29 is 9.59 Å². The molecule has 0 radical (unpaired) electrons. The Bertz CT molecular complexity index is 615. The summed E-state index contributed by atoms with van der Waals surface area (Å²) in [6.45, 7) is 12.2. The first-order chi connectivity index (χ1) is 12.8. The van der Waals surface area contributed by atoms with Crippen molar-refractivity contribution in [3.8, 4) is 0 Å². The summed E-state index contributed by atoms with van der Waals surface area (Å²) in [6.07, 6.45) is 3.12. The van der Waals surface area contributed by atoms with Gasteiger partial charge in [0, 0.05) is 27.2 Å². The third-order valence-electron chi connectivity index (χ3n) is 4.47. The number of nitrogens with one attached hydrogen (secondary N) is 2. The molecule has 3 atom stereocenters. The normalized spacial score (nSPS) is 19.5. The molecule has 0 aromatic rings. The molecule has 1 aliphatic rings. The van der Waals surface area contributed by atoms with E-state index in [4.69, 9.17) is 0 Å². The Morgan fingerprint density at radius 1 is 1.15 bits per heavy atom. The Morgan fingerprint density at radius 3 is 2.22 bits per heavy atom. The lowest BCUT2D eigenvalue weighted by Crippen LogP contribution is -2.34. The number of ketones is 1. The topological polar surface area (TPSA) is 58.2 Å². The summed E-state index contributed by atoms with van der Waals surface area (Å²) >= 11 is 11.0. The number of Topliss-reactive ketones (excluding diaryl/α,β-unsaturated/α-hetero) is 1. The molecule has 8 heteroatoms. The van der Waals surface area contributed by atoms with Crippen molar-refractivity contribution in [2.24, 2.45) is 5.92 Å². The van der Waals surface area contributed by atoms with Crippen molar-refractivity contribution in [1.82, 2.24) is 10.0 Å². The van der Waals surface area contributed by atoms with Gasteiger partial charge in [-0.15, -0.1) is 0 Å². The Balaban J connectivity index is 3.09. The largest absolute Gasteiger partial charge is 0.309 e. The Labute approximate surface area is 182 Å². The number of unbranched alkanes of at least 4 members (excludes halogenated alkanes) is 1. The van der Waals surface area contributed by atoms with Crippen LogP contribution < -0.4 is 10.0 Å². The summed E-state index contributed by atoms with van der Waals surface area (Å²) in [4.78, 5) is 26.1. The molecule has 1 unspecified atom stereocenters. The minimum absolute atomic E-state index is 0.00278. The second-order valence-electron chi connectivity index (χ2n) is 6.41. The zero-order valence-electron chi connectivity index (χ0n) is 16.2. The maximum absolute atomic E-state index is 12.6. The SMILES string of the molecule is C=C1C(SN[C@@H](CS)C(C)=O)=C(SC(=O)[C@H](CS)NC)C(=C)C1CCCC. The number of carbonyl (C=O) groups excluding carboxylic acids is 2. The number of likely N-dealkylation sites (N-methyl/N-ethyl adjacent to an activating group) is 1. The Hall–Kier alpha value is -0.120. The molecule has 0 fully saturated rings. The molecule has 0 heterocycles. The van der Waals surface area contributed by atoms with Gasteiger partial charge in [-0.1, -0.05) is 32.9 Å². The van der Waals surface area contributed by atoms with Crippen molar-refractivity contribution in [1.29, 1.82) is 0 Å². The van der Waals surface area contributed by atoms with E-state index in [9.17, 15) is 9.59 Å². The number of thioether (sulfide) groups is 1. The fourth-order valence-electron chi connectivity index (χ4n) is 2.63. The van der Waals surface area contributed by atoms with Crippen LogP contribution in [0.4, 0.5) is 0 Å². The fraction of sp³-hybridized carbons (Fsp3) is 0.579. The van der Waals surface area contributed by atoms with Gasteiger partial charge in [0.1, 0.15) is 5.78 Å². The molecule has 0 amide bonds. The Kier molecular flexibility index (Phi) is 11.5. The van der Waals surface area contributed by atoms with Crippen LogP contribution >= 0.6 is 49.0 Å². The second-order valence-corrected chi connectivity index (χ2v) is 9.01. The van der Waals surface area contributed by atoms with E-state index in [-0.39, 0.29) is 28.9 Å². The first-order valence-electron chi connectivity index (χ1n) is 8.98. The first kappa shape index (κ1) is 24.9. The smallest absolute Gasteiger partial charge is 0.211 e. The van der Waals surface area contributed by atoms with Gasteiger partial charge < -0.3 is 5.32 Å². The average Bonchev–Trinajstić information content (AvgIpc) is 2.85. The van der Waals surface area contributed by atoms with E-state index in [1.54, 1.807) is 14.0 Å². The molecular formula is C19H30N2O2S4. The third kappa shape index (κ3) is 6.72. The van der Waals surface area contributed by atoms with E-state index in [0.29, 0.717) is 11.5 Å². The zero-order valence-corrected chi connectivity index (χ0v) is 19.6. The van der Waals surface area contributed by atoms with Crippen molar-refractivity contribution in [2.45, 2.75) is 45.2 Å². The molecule has 0 aromatic heterocycles. The first-order valence-corrected chi connectivity index (χ1v) is 11.9. The minimum Gasteiger partial charge on any atom is -0.309 e. The highest BCUT2D eigenvalue weighted by atomic mass is 32.2. The van der Waals surface area contributed by atoms with Crippen LogP contribution in [0.15, 0.2) is 34.1 Å². The summed E-state index contributed by atoms with van der Waals surface area (Å²) in [5.41, 5.74) is 1.91. The molecule has 0 aliphatic heterocycles. The quantitative estimate of drug-likeness (QED) is 0.268. The van der Waals surface area contributed by atoms with Gasteiger partial charge in [-0.2, -0.15) is 25.3 Å². The average molecular weight is 447 g/mol. The molecule has 1 rings (SSSR count). The van der Waals surface area contributed by atoms with Gasteiger partial charge in [0.25, 0.3) is 0 Å². The predicted octanol–water partition coefficient (Wildman–Crippen LogP) is 4.03. The van der Waals surface area contributed by atoms with Crippen molar-refractivity contribution in [3.05, 3.63) is 34.1 Å². The van der Waals surface area contributed by atoms with Gasteiger partial charge in [-0.25, -0.2) is 4.72 Å². The molecule has 0 spiro atoms. The van der Waals surface area contributed by atoms with Crippen LogP contribution in [0, 0.1) is 5.92 Å². The van der Waals surface area contributed by atoms with E-state index in [2.05, 4.69) is 55.4 Å². The van der Waals surface area contributed by atoms with Crippen LogP contribution in [-0.2, 0) is 9.59 Å². The highest BCUT2D eigenvalue weighted by Gasteiger charge is 2.34. The number of hydrogen-bond acceptors (Lipinski definition) is 8. The summed E-state index contributed by atoms with van der Waals surface area (Å²) in [7, 11) is 1.75. The number of rotatable bonds is 12. The summed E-state index contributed by atoms with van der Waals surface area (Å²) in [5.74, 6) is 0.999. The van der Waals surface area contributed by atoms with Gasteiger partial charge >= 0.3 is 0 Å². The maximum Gasteiger partial charge on any atom is 0.211 e. The summed E-state index contributed by atoms with van der Waals surface area (Å²) < 4.78 is 3.17. The van der Waals surface area contributed by atoms with Crippen LogP contribution in [0.25, 0.3) is 0 Å². The highest BCUT2D eigenvalue weighted by Crippen LogP contribution is 2.50. The standard InChI is InChI=1S/C19H30N2O2S4/c1-6-7-8-14-11(2)17(26-19(23)16(10-25)20-5)18(12(14)3)27-21-15(9-24)13(4)22/h14-16,20-21,24-25H,2-3,6-10H2,1,4-5H3/t14?,15-,16-/m0/s1. The number of allylic oxidation sites excluding steroid dienone is 2. The van der Waals surface area contributed by atoms with Crippen molar-refractivity contribution in [2.75, 3.05) is 18.6 Å².